The summed E-state index contributed by atoms with van der Waals surface area (Å²) in [6.07, 6.45) is 11.1. The van der Waals surface area contributed by atoms with Gasteiger partial charge in [-0.15, -0.1) is 0 Å². The molecule has 0 bridgehead atoms. The van der Waals surface area contributed by atoms with E-state index < -0.39 is 5.92 Å². The summed E-state index contributed by atoms with van der Waals surface area (Å²) < 4.78 is 0. The standard InChI is InChI=1S/C27H44O2/c1-18(2)11-10-16-27(9)23(15-13-20(5)6)17-22(14-12-19(3)4)26(29)24(27)25(28)21(7)8/h11-13,21-24H,10,14-17H2,1-9H3/t22-,23+,24-,27-/m1/s1. The van der Waals surface area contributed by atoms with E-state index in [1.54, 1.807) is 0 Å². The summed E-state index contributed by atoms with van der Waals surface area (Å²) in [6, 6.07) is 0. The smallest absolute Gasteiger partial charge is 0.147 e. The minimum atomic E-state index is -0.479. The Balaban J connectivity index is 3.41. The number of allylic oxidation sites excluding steroid dienone is 6. The molecule has 0 aromatic rings. The molecule has 164 valence electrons. The van der Waals surface area contributed by atoms with Gasteiger partial charge >= 0.3 is 0 Å². The highest BCUT2D eigenvalue weighted by atomic mass is 16.2. The SMILES string of the molecule is CC(C)=CCC[C@]1(C)[C@@H](CC=C(C)C)C[C@@H](CC=C(C)C)C(=O)[C@H]1C(=O)C(C)C. The minimum Gasteiger partial charge on any atom is -0.299 e. The molecule has 0 heterocycles. The van der Waals surface area contributed by atoms with Gasteiger partial charge in [-0.1, -0.05) is 55.7 Å². The van der Waals surface area contributed by atoms with Crippen molar-refractivity contribution >= 4 is 11.6 Å². The van der Waals surface area contributed by atoms with E-state index in [0.29, 0.717) is 5.92 Å². The monoisotopic (exact) mass is 400 g/mol. The molecule has 29 heavy (non-hydrogen) atoms. The summed E-state index contributed by atoms with van der Waals surface area (Å²) in [7, 11) is 0. The van der Waals surface area contributed by atoms with Crippen molar-refractivity contribution in [3.8, 4) is 0 Å². The molecule has 1 aliphatic rings. The van der Waals surface area contributed by atoms with Crippen LogP contribution in [0.25, 0.3) is 0 Å². The Morgan fingerprint density at radius 1 is 0.966 bits per heavy atom. The molecular formula is C27H44O2. The lowest BCUT2D eigenvalue weighted by Crippen LogP contribution is -2.52. The van der Waals surface area contributed by atoms with Crippen LogP contribution in [0.5, 0.6) is 0 Å². The Hall–Kier alpha value is -1.44. The summed E-state index contributed by atoms with van der Waals surface area (Å²) in [5.41, 5.74) is 3.56. The number of ketones is 2. The molecule has 2 heteroatoms. The maximum absolute atomic E-state index is 13.6. The molecule has 1 fully saturated rings. The second-order valence-corrected chi connectivity index (χ2v) is 10.4. The van der Waals surface area contributed by atoms with Gasteiger partial charge in [0.1, 0.15) is 11.6 Å². The molecule has 4 atom stereocenters. The van der Waals surface area contributed by atoms with E-state index in [4.69, 9.17) is 0 Å². The normalized spacial score (nSPS) is 26.8. The predicted octanol–water partition coefficient (Wildman–Crippen LogP) is 7.50. The van der Waals surface area contributed by atoms with Crippen molar-refractivity contribution in [1.82, 2.24) is 0 Å². The van der Waals surface area contributed by atoms with Crippen LogP contribution in [0.4, 0.5) is 0 Å². The van der Waals surface area contributed by atoms with Gasteiger partial charge in [-0.05, 0) is 85.0 Å². The maximum atomic E-state index is 13.6. The van der Waals surface area contributed by atoms with E-state index in [9.17, 15) is 9.59 Å². The zero-order valence-corrected chi connectivity index (χ0v) is 20.4. The molecule has 2 nitrogen and oxygen atoms in total. The van der Waals surface area contributed by atoms with E-state index in [-0.39, 0.29) is 28.8 Å². The molecular weight excluding hydrogens is 356 g/mol. The summed E-state index contributed by atoms with van der Waals surface area (Å²) in [4.78, 5) is 26.9. The molecule has 0 saturated heterocycles. The number of Topliss-reactive ketones (excluding diaryl/α,β-unsaturated/α-hetero) is 2. The summed E-state index contributed by atoms with van der Waals surface area (Å²) in [5.74, 6) is 0.0488. The topological polar surface area (TPSA) is 34.1 Å². The molecule has 0 amide bonds. The number of hydrogen-bond donors (Lipinski definition) is 0. The third-order valence-electron chi connectivity index (χ3n) is 6.56. The van der Waals surface area contributed by atoms with Crippen molar-refractivity contribution in [2.24, 2.45) is 29.1 Å². The van der Waals surface area contributed by atoms with Gasteiger partial charge in [0.2, 0.25) is 0 Å². The van der Waals surface area contributed by atoms with Gasteiger partial charge in [-0.25, -0.2) is 0 Å². The lowest BCUT2D eigenvalue weighted by molar-refractivity contribution is -0.150. The minimum absolute atomic E-state index is 0.0373. The Morgan fingerprint density at radius 3 is 1.97 bits per heavy atom. The average Bonchev–Trinajstić information content (AvgIpc) is 2.59. The molecule has 1 aliphatic carbocycles. The van der Waals surface area contributed by atoms with Crippen LogP contribution in [0.2, 0.25) is 0 Å². The van der Waals surface area contributed by atoms with Gasteiger partial charge in [0.15, 0.2) is 0 Å². The van der Waals surface area contributed by atoms with Crippen LogP contribution in [0, 0.1) is 29.1 Å². The first-order valence-corrected chi connectivity index (χ1v) is 11.4. The number of hydrogen-bond acceptors (Lipinski definition) is 2. The number of rotatable bonds is 9. The van der Waals surface area contributed by atoms with Crippen LogP contribution in [0.3, 0.4) is 0 Å². The van der Waals surface area contributed by atoms with Gasteiger partial charge in [-0.2, -0.15) is 0 Å². The molecule has 0 radical (unpaired) electrons. The quantitative estimate of drug-likeness (QED) is 0.296. The first-order valence-electron chi connectivity index (χ1n) is 11.4. The average molecular weight is 401 g/mol. The fourth-order valence-electron chi connectivity index (χ4n) is 4.68. The van der Waals surface area contributed by atoms with Gasteiger partial charge in [-0.3, -0.25) is 9.59 Å². The van der Waals surface area contributed by atoms with Crippen molar-refractivity contribution in [2.75, 3.05) is 0 Å². The highest BCUT2D eigenvalue weighted by molar-refractivity contribution is 6.05. The lowest BCUT2D eigenvalue weighted by Gasteiger charge is -2.49. The van der Waals surface area contributed by atoms with Gasteiger partial charge < -0.3 is 0 Å². The zero-order valence-electron chi connectivity index (χ0n) is 20.4. The van der Waals surface area contributed by atoms with Gasteiger partial charge in [0.25, 0.3) is 0 Å². The van der Waals surface area contributed by atoms with E-state index in [0.717, 1.165) is 32.1 Å². The summed E-state index contributed by atoms with van der Waals surface area (Å²) >= 11 is 0. The van der Waals surface area contributed by atoms with E-state index in [2.05, 4.69) is 66.7 Å². The summed E-state index contributed by atoms with van der Waals surface area (Å²) in [5, 5.41) is 0. The van der Waals surface area contributed by atoms with Crippen LogP contribution in [0.15, 0.2) is 34.9 Å². The van der Waals surface area contributed by atoms with E-state index in [1.807, 2.05) is 13.8 Å². The van der Waals surface area contributed by atoms with E-state index in [1.165, 1.54) is 16.7 Å². The van der Waals surface area contributed by atoms with Crippen molar-refractivity contribution in [1.29, 1.82) is 0 Å². The van der Waals surface area contributed by atoms with Crippen LogP contribution < -0.4 is 0 Å². The third-order valence-corrected chi connectivity index (χ3v) is 6.56. The lowest BCUT2D eigenvalue weighted by atomic mass is 9.53. The molecule has 1 rings (SSSR count). The van der Waals surface area contributed by atoms with Crippen LogP contribution in [-0.4, -0.2) is 11.6 Å². The van der Waals surface area contributed by atoms with Crippen LogP contribution >= 0.6 is 0 Å². The van der Waals surface area contributed by atoms with Crippen molar-refractivity contribution < 1.29 is 9.59 Å². The second-order valence-electron chi connectivity index (χ2n) is 10.4. The molecule has 0 aromatic carbocycles. The first kappa shape index (κ1) is 25.6. The number of carbonyl (C=O) groups excluding carboxylic acids is 2. The molecule has 0 aliphatic heterocycles. The molecule has 0 aromatic heterocycles. The van der Waals surface area contributed by atoms with Crippen LogP contribution in [-0.2, 0) is 9.59 Å². The fraction of sp³-hybridized carbons (Fsp3) is 0.704. The zero-order chi connectivity index (χ0) is 22.4. The summed E-state index contributed by atoms with van der Waals surface area (Å²) in [6.45, 7) is 18.7. The van der Waals surface area contributed by atoms with Crippen molar-refractivity contribution in [3.63, 3.8) is 0 Å². The number of carbonyl (C=O) groups is 2. The maximum Gasteiger partial charge on any atom is 0.147 e. The molecule has 0 N–H and O–H groups in total. The highest BCUT2D eigenvalue weighted by Gasteiger charge is 2.53. The first-order chi connectivity index (χ1) is 13.4. The van der Waals surface area contributed by atoms with Crippen molar-refractivity contribution in [2.45, 2.75) is 94.4 Å². The Bertz CT molecular complexity index is 665. The Labute approximate surface area is 179 Å². The van der Waals surface area contributed by atoms with E-state index >= 15 is 0 Å². The third kappa shape index (κ3) is 7.08. The largest absolute Gasteiger partial charge is 0.299 e. The van der Waals surface area contributed by atoms with Crippen LogP contribution in [0.1, 0.15) is 94.4 Å². The van der Waals surface area contributed by atoms with Gasteiger partial charge in [0, 0.05) is 11.8 Å². The Kier molecular flexibility index (Phi) is 9.79. The van der Waals surface area contributed by atoms with Gasteiger partial charge in [0.05, 0.1) is 5.92 Å². The molecule has 0 spiro atoms. The Morgan fingerprint density at radius 2 is 1.48 bits per heavy atom. The fourth-order valence-corrected chi connectivity index (χ4v) is 4.68. The molecule has 1 saturated carbocycles. The highest BCUT2D eigenvalue weighted by Crippen LogP contribution is 2.52. The molecule has 0 unspecified atom stereocenters. The predicted molar refractivity (Wildman–Crippen MR) is 125 cm³/mol. The second kappa shape index (κ2) is 11.1. The van der Waals surface area contributed by atoms with Crippen molar-refractivity contribution in [3.05, 3.63) is 34.9 Å².